The minimum absolute atomic E-state index is 0.0335. The lowest BCUT2D eigenvalue weighted by atomic mass is 9.81. The standard InChI is InChI=1S/C10H20N2O2/c1-10(4-3-5-11-8-10)9(14)12(2)6-7-13/h11,13H,3-8H2,1-2H3. The van der Waals surface area contributed by atoms with Crippen molar-refractivity contribution in [1.29, 1.82) is 0 Å². The number of piperidine rings is 1. The van der Waals surface area contributed by atoms with Crippen LogP contribution in [0.2, 0.25) is 0 Å². The average molecular weight is 200 g/mol. The van der Waals surface area contributed by atoms with Crippen LogP contribution in [-0.4, -0.2) is 49.2 Å². The van der Waals surface area contributed by atoms with Gasteiger partial charge in [0.1, 0.15) is 0 Å². The number of rotatable bonds is 3. The van der Waals surface area contributed by atoms with Crippen LogP contribution >= 0.6 is 0 Å². The molecule has 0 bridgehead atoms. The van der Waals surface area contributed by atoms with E-state index in [1.54, 1.807) is 11.9 Å². The summed E-state index contributed by atoms with van der Waals surface area (Å²) in [6.45, 7) is 4.21. The van der Waals surface area contributed by atoms with Crippen molar-refractivity contribution < 1.29 is 9.90 Å². The Kier molecular flexibility index (Phi) is 3.89. The molecule has 1 heterocycles. The molecule has 2 N–H and O–H groups in total. The molecule has 0 saturated carbocycles. The van der Waals surface area contributed by atoms with Crippen molar-refractivity contribution in [2.24, 2.45) is 5.41 Å². The Morgan fingerprint density at radius 2 is 2.36 bits per heavy atom. The van der Waals surface area contributed by atoms with Crippen LogP contribution in [0.3, 0.4) is 0 Å². The van der Waals surface area contributed by atoms with Crippen LogP contribution in [0.1, 0.15) is 19.8 Å². The minimum atomic E-state index is -0.276. The van der Waals surface area contributed by atoms with E-state index in [1.807, 2.05) is 6.92 Å². The molecule has 1 fully saturated rings. The van der Waals surface area contributed by atoms with Gasteiger partial charge in [-0.3, -0.25) is 4.79 Å². The molecule has 0 aromatic carbocycles. The molecule has 0 spiro atoms. The fourth-order valence-electron chi connectivity index (χ4n) is 1.95. The summed E-state index contributed by atoms with van der Waals surface area (Å²) in [4.78, 5) is 13.6. The zero-order chi connectivity index (χ0) is 10.6. The first-order valence-corrected chi connectivity index (χ1v) is 5.17. The number of aliphatic hydroxyl groups excluding tert-OH is 1. The monoisotopic (exact) mass is 200 g/mol. The second-order valence-electron chi connectivity index (χ2n) is 4.29. The predicted molar refractivity (Wildman–Crippen MR) is 54.9 cm³/mol. The van der Waals surface area contributed by atoms with Gasteiger partial charge in [-0.05, 0) is 26.3 Å². The van der Waals surface area contributed by atoms with E-state index in [2.05, 4.69) is 5.32 Å². The third-order valence-corrected chi connectivity index (χ3v) is 2.90. The molecule has 0 aromatic rings. The molecule has 0 radical (unpaired) electrons. The Morgan fingerprint density at radius 3 is 2.86 bits per heavy atom. The quantitative estimate of drug-likeness (QED) is 0.665. The van der Waals surface area contributed by atoms with Gasteiger partial charge in [0, 0.05) is 20.1 Å². The molecule has 14 heavy (non-hydrogen) atoms. The molecule has 1 atom stereocenters. The van der Waals surface area contributed by atoms with Crippen LogP contribution in [0, 0.1) is 5.41 Å². The van der Waals surface area contributed by atoms with E-state index in [1.165, 1.54) is 0 Å². The highest BCUT2D eigenvalue weighted by Gasteiger charge is 2.36. The van der Waals surface area contributed by atoms with Crippen LogP contribution in [0.4, 0.5) is 0 Å². The maximum Gasteiger partial charge on any atom is 0.229 e. The molecule has 1 aliphatic rings. The molecule has 0 aliphatic carbocycles. The zero-order valence-corrected chi connectivity index (χ0v) is 9.05. The number of carbonyl (C=O) groups excluding carboxylic acids is 1. The zero-order valence-electron chi connectivity index (χ0n) is 9.05. The summed E-state index contributed by atoms with van der Waals surface area (Å²) < 4.78 is 0. The number of hydrogen-bond acceptors (Lipinski definition) is 3. The largest absolute Gasteiger partial charge is 0.395 e. The average Bonchev–Trinajstić information content (AvgIpc) is 2.18. The van der Waals surface area contributed by atoms with Crippen LogP contribution in [0.15, 0.2) is 0 Å². The summed E-state index contributed by atoms with van der Waals surface area (Å²) in [5, 5.41) is 12.0. The van der Waals surface area contributed by atoms with Crippen molar-refractivity contribution in [2.45, 2.75) is 19.8 Å². The lowest BCUT2D eigenvalue weighted by Crippen LogP contribution is -2.49. The number of nitrogens with one attached hydrogen (secondary N) is 1. The lowest BCUT2D eigenvalue weighted by Gasteiger charge is -2.35. The van der Waals surface area contributed by atoms with E-state index in [-0.39, 0.29) is 17.9 Å². The summed E-state index contributed by atoms with van der Waals surface area (Å²) in [5.74, 6) is 0.138. The minimum Gasteiger partial charge on any atom is -0.395 e. The van der Waals surface area contributed by atoms with Crippen molar-refractivity contribution in [3.63, 3.8) is 0 Å². The molecule has 4 nitrogen and oxygen atoms in total. The highest BCUT2D eigenvalue weighted by atomic mass is 16.3. The third kappa shape index (κ3) is 2.45. The van der Waals surface area contributed by atoms with E-state index in [0.29, 0.717) is 6.54 Å². The number of aliphatic hydroxyl groups is 1. The van der Waals surface area contributed by atoms with Gasteiger partial charge in [0.15, 0.2) is 0 Å². The number of hydrogen-bond donors (Lipinski definition) is 2. The van der Waals surface area contributed by atoms with Crippen molar-refractivity contribution in [1.82, 2.24) is 10.2 Å². The van der Waals surface area contributed by atoms with E-state index in [4.69, 9.17) is 5.11 Å². The first kappa shape index (κ1) is 11.5. The van der Waals surface area contributed by atoms with E-state index >= 15 is 0 Å². The van der Waals surface area contributed by atoms with E-state index < -0.39 is 0 Å². The summed E-state index contributed by atoms with van der Waals surface area (Å²) in [5.41, 5.74) is -0.276. The second-order valence-corrected chi connectivity index (χ2v) is 4.29. The fraction of sp³-hybridized carbons (Fsp3) is 0.900. The molecular weight excluding hydrogens is 180 g/mol. The Morgan fingerprint density at radius 1 is 1.64 bits per heavy atom. The predicted octanol–water partition coefficient (Wildman–Crippen LogP) is -0.173. The Bertz CT molecular complexity index is 200. The number of likely N-dealkylation sites (N-methyl/N-ethyl adjacent to an activating group) is 1. The number of carbonyl (C=O) groups is 1. The Labute approximate surface area is 85.3 Å². The molecule has 4 heteroatoms. The topological polar surface area (TPSA) is 52.6 Å². The summed E-state index contributed by atoms with van der Waals surface area (Å²) in [7, 11) is 1.75. The highest BCUT2D eigenvalue weighted by Crippen LogP contribution is 2.27. The SMILES string of the molecule is CN(CCO)C(=O)C1(C)CCCNC1. The third-order valence-electron chi connectivity index (χ3n) is 2.90. The van der Waals surface area contributed by atoms with Crippen molar-refractivity contribution >= 4 is 5.91 Å². The number of nitrogens with zero attached hydrogens (tertiary/aromatic N) is 1. The maximum absolute atomic E-state index is 12.0. The van der Waals surface area contributed by atoms with Gasteiger partial charge in [0.2, 0.25) is 5.91 Å². The maximum atomic E-state index is 12.0. The summed E-state index contributed by atoms with van der Waals surface area (Å²) >= 11 is 0. The van der Waals surface area contributed by atoms with Crippen molar-refractivity contribution in [3.05, 3.63) is 0 Å². The first-order valence-electron chi connectivity index (χ1n) is 5.17. The molecule has 0 aromatic heterocycles. The van der Waals surface area contributed by atoms with Crippen LogP contribution in [0.25, 0.3) is 0 Å². The smallest absolute Gasteiger partial charge is 0.229 e. The second kappa shape index (κ2) is 4.75. The Hall–Kier alpha value is -0.610. The first-order chi connectivity index (χ1) is 6.60. The van der Waals surface area contributed by atoms with Gasteiger partial charge < -0.3 is 15.3 Å². The van der Waals surface area contributed by atoms with Gasteiger partial charge in [-0.2, -0.15) is 0 Å². The van der Waals surface area contributed by atoms with Gasteiger partial charge in [0.25, 0.3) is 0 Å². The van der Waals surface area contributed by atoms with Crippen molar-refractivity contribution in [3.8, 4) is 0 Å². The van der Waals surface area contributed by atoms with Crippen LogP contribution < -0.4 is 5.32 Å². The van der Waals surface area contributed by atoms with Gasteiger partial charge in [-0.25, -0.2) is 0 Å². The highest BCUT2D eigenvalue weighted by molar-refractivity contribution is 5.82. The summed E-state index contributed by atoms with van der Waals surface area (Å²) in [6.07, 6.45) is 1.99. The molecule has 1 rings (SSSR count). The molecule has 82 valence electrons. The van der Waals surface area contributed by atoms with Crippen LogP contribution in [0.5, 0.6) is 0 Å². The fourth-order valence-corrected chi connectivity index (χ4v) is 1.95. The summed E-state index contributed by atoms with van der Waals surface area (Å²) in [6, 6.07) is 0. The van der Waals surface area contributed by atoms with E-state index in [0.717, 1.165) is 25.9 Å². The van der Waals surface area contributed by atoms with Gasteiger partial charge in [-0.1, -0.05) is 0 Å². The van der Waals surface area contributed by atoms with Gasteiger partial charge in [-0.15, -0.1) is 0 Å². The molecular formula is C10H20N2O2. The normalized spacial score (nSPS) is 27.4. The van der Waals surface area contributed by atoms with Gasteiger partial charge >= 0.3 is 0 Å². The van der Waals surface area contributed by atoms with Crippen LogP contribution in [-0.2, 0) is 4.79 Å². The Balaban J connectivity index is 2.56. The van der Waals surface area contributed by atoms with Crippen molar-refractivity contribution in [2.75, 3.05) is 33.3 Å². The molecule has 1 amide bonds. The molecule has 1 saturated heterocycles. The van der Waals surface area contributed by atoms with Gasteiger partial charge in [0.05, 0.1) is 12.0 Å². The number of amides is 1. The molecule has 1 unspecified atom stereocenters. The van der Waals surface area contributed by atoms with E-state index in [9.17, 15) is 4.79 Å². The lowest BCUT2D eigenvalue weighted by molar-refractivity contribution is -0.141. The molecule has 1 aliphatic heterocycles.